The van der Waals surface area contributed by atoms with Gasteiger partial charge in [-0.3, -0.25) is 5.32 Å². The Balaban J connectivity index is 1.91. The van der Waals surface area contributed by atoms with E-state index in [-0.39, 0.29) is 5.13 Å². The predicted octanol–water partition coefficient (Wildman–Crippen LogP) is 2.86. The van der Waals surface area contributed by atoms with E-state index in [1.54, 1.807) is 0 Å². The Kier molecular flexibility index (Phi) is 5.50. The lowest BCUT2D eigenvalue weighted by Gasteiger charge is -2.20. The highest BCUT2D eigenvalue weighted by Crippen LogP contribution is 2.25. The first-order valence-electron chi connectivity index (χ1n) is 6.49. The zero-order valence-electron chi connectivity index (χ0n) is 11.8. The zero-order valence-corrected chi connectivity index (χ0v) is 12.6. The number of amides is 2. The minimum absolute atomic E-state index is 0.0822. The molecule has 0 saturated carbocycles. The largest absolute Gasteiger partial charge is 0.386 e. The molecule has 124 valence electrons. The van der Waals surface area contributed by atoms with Gasteiger partial charge >= 0.3 is 6.03 Å². The fourth-order valence-electron chi connectivity index (χ4n) is 1.74. The van der Waals surface area contributed by atoms with E-state index in [1.807, 2.05) is 0 Å². The molecule has 23 heavy (non-hydrogen) atoms. The van der Waals surface area contributed by atoms with Crippen LogP contribution in [0.25, 0.3) is 0 Å². The summed E-state index contributed by atoms with van der Waals surface area (Å²) in [5.41, 5.74) is 0.426. The van der Waals surface area contributed by atoms with Crippen molar-refractivity contribution >= 4 is 22.5 Å². The minimum atomic E-state index is -2.76. The first-order valence-corrected chi connectivity index (χ1v) is 7.31. The van der Waals surface area contributed by atoms with Crippen LogP contribution >= 0.6 is 11.3 Å². The molecule has 1 aromatic carbocycles. The van der Waals surface area contributed by atoms with Crippen molar-refractivity contribution in [3.63, 3.8) is 0 Å². The second-order valence-corrected chi connectivity index (χ2v) is 5.64. The first-order chi connectivity index (χ1) is 10.9. The van der Waals surface area contributed by atoms with Gasteiger partial charge in [0, 0.05) is 0 Å². The minimum Gasteiger partial charge on any atom is -0.386 e. The van der Waals surface area contributed by atoms with Gasteiger partial charge in [0.2, 0.25) is 5.13 Å². The molecule has 2 atom stereocenters. The third-order valence-corrected chi connectivity index (χ3v) is 3.74. The quantitative estimate of drug-likeness (QED) is 0.777. The Morgan fingerprint density at radius 2 is 1.91 bits per heavy atom. The number of benzene rings is 1. The molecule has 0 aliphatic carbocycles. The number of anilines is 1. The van der Waals surface area contributed by atoms with Gasteiger partial charge in [-0.15, -0.1) is 10.2 Å². The van der Waals surface area contributed by atoms with E-state index < -0.39 is 35.4 Å². The summed E-state index contributed by atoms with van der Waals surface area (Å²) in [6.45, 7) is 1.54. The van der Waals surface area contributed by atoms with E-state index in [2.05, 4.69) is 20.8 Å². The Morgan fingerprint density at radius 1 is 1.26 bits per heavy atom. The molecule has 2 aromatic rings. The van der Waals surface area contributed by atoms with Crippen molar-refractivity contribution in [3.05, 3.63) is 40.7 Å². The standard InChI is InChI=1S/C13H13F3N4O2S/c1-6(9(21)7-2-4-8(14)5-3-7)17-12(22)18-13-20-19-11(23-13)10(15)16/h2-6,9-10,21H,1H3,(H2,17,18,20,22). The van der Waals surface area contributed by atoms with Gasteiger partial charge in [0.05, 0.1) is 12.1 Å². The van der Waals surface area contributed by atoms with E-state index in [0.29, 0.717) is 16.9 Å². The van der Waals surface area contributed by atoms with Gasteiger partial charge in [0.25, 0.3) is 6.43 Å². The summed E-state index contributed by atoms with van der Waals surface area (Å²) in [6, 6.07) is 3.75. The number of urea groups is 1. The van der Waals surface area contributed by atoms with E-state index >= 15 is 0 Å². The lowest BCUT2D eigenvalue weighted by molar-refractivity contribution is 0.139. The van der Waals surface area contributed by atoms with Crippen molar-refractivity contribution in [1.29, 1.82) is 0 Å². The lowest BCUT2D eigenvalue weighted by Crippen LogP contribution is -2.39. The molecule has 3 N–H and O–H groups in total. The predicted molar refractivity (Wildman–Crippen MR) is 77.8 cm³/mol. The molecule has 0 spiro atoms. The molecule has 2 rings (SSSR count). The zero-order chi connectivity index (χ0) is 17.0. The fourth-order valence-corrected chi connectivity index (χ4v) is 2.34. The van der Waals surface area contributed by atoms with E-state index in [9.17, 15) is 23.1 Å². The van der Waals surface area contributed by atoms with Crippen molar-refractivity contribution < 1.29 is 23.1 Å². The number of hydrogen-bond acceptors (Lipinski definition) is 5. The first kappa shape index (κ1) is 17.2. The van der Waals surface area contributed by atoms with Gasteiger partial charge in [-0.25, -0.2) is 18.0 Å². The number of halogens is 3. The molecule has 0 saturated heterocycles. The molecule has 10 heteroatoms. The maximum absolute atomic E-state index is 12.8. The van der Waals surface area contributed by atoms with Gasteiger partial charge in [-0.2, -0.15) is 0 Å². The number of aliphatic hydroxyl groups is 1. The second kappa shape index (κ2) is 7.38. The van der Waals surface area contributed by atoms with Crippen LogP contribution in [0.1, 0.15) is 30.0 Å². The van der Waals surface area contributed by atoms with Gasteiger partial charge in [-0.05, 0) is 24.6 Å². The summed E-state index contributed by atoms with van der Waals surface area (Å²) in [6.07, 6.45) is -3.82. The van der Waals surface area contributed by atoms with Crippen LogP contribution in [0.3, 0.4) is 0 Å². The van der Waals surface area contributed by atoms with E-state index in [0.717, 1.165) is 0 Å². The highest BCUT2D eigenvalue weighted by molar-refractivity contribution is 7.15. The van der Waals surface area contributed by atoms with E-state index in [4.69, 9.17) is 0 Å². The maximum atomic E-state index is 12.8. The number of nitrogens with one attached hydrogen (secondary N) is 2. The number of aliphatic hydroxyl groups excluding tert-OH is 1. The molecule has 1 aromatic heterocycles. The van der Waals surface area contributed by atoms with Crippen LogP contribution in [0, 0.1) is 5.82 Å². The molecule has 0 aliphatic heterocycles. The summed E-state index contributed by atoms with van der Waals surface area (Å²) in [7, 11) is 0. The summed E-state index contributed by atoms with van der Waals surface area (Å²) in [5, 5.41) is 20.8. The number of rotatable bonds is 5. The molecule has 0 bridgehead atoms. The average Bonchev–Trinajstić information content (AvgIpc) is 2.95. The monoisotopic (exact) mass is 346 g/mol. The van der Waals surface area contributed by atoms with Crippen molar-refractivity contribution in [2.45, 2.75) is 25.5 Å². The van der Waals surface area contributed by atoms with Crippen molar-refractivity contribution in [2.75, 3.05) is 5.32 Å². The highest BCUT2D eigenvalue weighted by Gasteiger charge is 2.20. The van der Waals surface area contributed by atoms with Crippen molar-refractivity contribution in [1.82, 2.24) is 15.5 Å². The summed E-state index contributed by atoms with van der Waals surface area (Å²) >= 11 is 0.554. The van der Waals surface area contributed by atoms with Gasteiger partial charge in [0.1, 0.15) is 5.82 Å². The normalized spacial score (nSPS) is 13.7. The molecule has 0 fully saturated rings. The number of nitrogens with zero attached hydrogens (tertiary/aromatic N) is 2. The van der Waals surface area contributed by atoms with Crippen molar-refractivity contribution in [2.24, 2.45) is 0 Å². The van der Waals surface area contributed by atoms with Gasteiger partial charge < -0.3 is 10.4 Å². The van der Waals surface area contributed by atoms with Crippen LogP contribution in [0.4, 0.5) is 23.1 Å². The summed E-state index contributed by atoms with van der Waals surface area (Å²) in [5.74, 6) is -0.439. The van der Waals surface area contributed by atoms with Crippen LogP contribution in [-0.4, -0.2) is 27.4 Å². The Hall–Kier alpha value is -2.20. The summed E-state index contributed by atoms with van der Waals surface area (Å²) in [4.78, 5) is 11.7. The third-order valence-electron chi connectivity index (χ3n) is 2.89. The fraction of sp³-hybridized carbons (Fsp3) is 0.308. The number of aromatic nitrogens is 2. The van der Waals surface area contributed by atoms with Crippen LogP contribution in [0.2, 0.25) is 0 Å². The van der Waals surface area contributed by atoms with Gasteiger partial charge in [0.15, 0.2) is 5.01 Å². The number of alkyl halides is 2. The molecule has 2 amide bonds. The Morgan fingerprint density at radius 3 is 2.48 bits per heavy atom. The van der Waals surface area contributed by atoms with Crippen LogP contribution in [0.5, 0.6) is 0 Å². The molecule has 0 aliphatic rings. The van der Waals surface area contributed by atoms with Crippen LogP contribution < -0.4 is 10.6 Å². The molecule has 0 radical (unpaired) electrons. The lowest BCUT2D eigenvalue weighted by atomic mass is 10.0. The van der Waals surface area contributed by atoms with Crippen LogP contribution in [0.15, 0.2) is 24.3 Å². The molecule has 6 nitrogen and oxygen atoms in total. The second-order valence-electron chi connectivity index (χ2n) is 4.63. The van der Waals surface area contributed by atoms with E-state index in [1.165, 1.54) is 31.2 Å². The smallest absolute Gasteiger partial charge is 0.321 e. The highest BCUT2D eigenvalue weighted by atomic mass is 32.1. The average molecular weight is 346 g/mol. The van der Waals surface area contributed by atoms with Gasteiger partial charge in [-0.1, -0.05) is 23.5 Å². The molecular weight excluding hydrogens is 333 g/mol. The topological polar surface area (TPSA) is 87.1 Å². The number of carbonyl (C=O) groups is 1. The SMILES string of the molecule is CC(NC(=O)Nc1nnc(C(F)F)s1)C(O)c1ccc(F)cc1. The van der Waals surface area contributed by atoms with Crippen LogP contribution in [-0.2, 0) is 0 Å². The van der Waals surface area contributed by atoms with Crippen molar-refractivity contribution in [3.8, 4) is 0 Å². The Bertz CT molecular complexity index is 665. The molecule has 2 unspecified atom stereocenters. The maximum Gasteiger partial charge on any atom is 0.321 e. The summed E-state index contributed by atoms with van der Waals surface area (Å²) < 4.78 is 37.6. The number of hydrogen-bond donors (Lipinski definition) is 3. The molecule has 1 heterocycles. The third kappa shape index (κ3) is 4.63. The molecular formula is C13H13F3N4O2S. The number of carbonyl (C=O) groups excluding carboxylic acids is 1. The Labute approximate surface area is 133 Å².